The van der Waals surface area contributed by atoms with E-state index in [4.69, 9.17) is 0 Å². The van der Waals surface area contributed by atoms with Crippen LogP contribution < -0.4 is 5.56 Å². The number of hydrogen-bond acceptors (Lipinski definition) is 3. The second-order valence-electron chi connectivity index (χ2n) is 4.85. The lowest BCUT2D eigenvalue weighted by Crippen LogP contribution is -2.08. The zero-order valence-corrected chi connectivity index (χ0v) is 11.6. The highest BCUT2D eigenvalue weighted by Gasteiger charge is 2.09. The van der Waals surface area contributed by atoms with Gasteiger partial charge in [-0.2, -0.15) is 5.10 Å². The SMILES string of the molecule is Cc1ccc(-c2nc(-c3cnn(C)c3)cc(=O)[nH]2)cc1F. The van der Waals surface area contributed by atoms with Gasteiger partial charge in [-0.3, -0.25) is 9.48 Å². The second kappa shape index (κ2) is 4.97. The lowest BCUT2D eigenvalue weighted by molar-refractivity contribution is 0.619. The highest BCUT2D eigenvalue weighted by molar-refractivity contribution is 5.62. The Kier molecular flexibility index (Phi) is 3.13. The lowest BCUT2D eigenvalue weighted by atomic mass is 10.1. The van der Waals surface area contributed by atoms with Crippen molar-refractivity contribution in [3.05, 3.63) is 58.4 Å². The van der Waals surface area contributed by atoms with Crippen molar-refractivity contribution in [2.75, 3.05) is 0 Å². The summed E-state index contributed by atoms with van der Waals surface area (Å²) in [5, 5.41) is 4.06. The van der Waals surface area contributed by atoms with Crippen molar-refractivity contribution >= 4 is 0 Å². The number of nitrogens with one attached hydrogen (secondary N) is 1. The Hall–Kier alpha value is -2.76. The summed E-state index contributed by atoms with van der Waals surface area (Å²) in [6.07, 6.45) is 3.39. The summed E-state index contributed by atoms with van der Waals surface area (Å²) >= 11 is 0. The molecule has 0 aliphatic heterocycles. The molecule has 106 valence electrons. The maximum absolute atomic E-state index is 13.7. The number of hydrogen-bond donors (Lipinski definition) is 1. The van der Waals surface area contributed by atoms with Gasteiger partial charge in [0.05, 0.1) is 11.9 Å². The number of aromatic nitrogens is 4. The van der Waals surface area contributed by atoms with E-state index >= 15 is 0 Å². The molecule has 3 aromatic rings. The molecule has 1 N–H and O–H groups in total. The van der Waals surface area contributed by atoms with E-state index in [1.807, 2.05) is 0 Å². The number of aromatic amines is 1. The minimum absolute atomic E-state index is 0.292. The first-order chi connectivity index (χ1) is 10.0. The first-order valence-electron chi connectivity index (χ1n) is 6.40. The van der Waals surface area contributed by atoms with Gasteiger partial charge in [-0.15, -0.1) is 0 Å². The zero-order valence-electron chi connectivity index (χ0n) is 11.6. The van der Waals surface area contributed by atoms with Crippen molar-refractivity contribution in [1.82, 2.24) is 19.7 Å². The maximum atomic E-state index is 13.7. The van der Waals surface area contributed by atoms with Crippen LogP contribution >= 0.6 is 0 Å². The zero-order chi connectivity index (χ0) is 15.0. The summed E-state index contributed by atoms with van der Waals surface area (Å²) in [6.45, 7) is 1.68. The van der Waals surface area contributed by atoms with E-state index in [0.717, 1.165) is 5.56 Å². The predicted octanol–water partition coefficient (Wildman–Crippen LogP) is 2.28. The quantitative estimate of drug-likeness (QED) is 0.785. The Labute approximate surface area is 120 Å². The van der Waals surface area contributed by atoms with Gasteiger partial charge in [0.15, 0.2) is 0 Å². The number of H-pyrrole nitrogens is 1. The number of nitrogens with zero attached hydrogens (tertiary/aromatic N) is 3. The van der Waals surface area contributed by atoms with Gasteiger partial charge in [0.25, 0.3) is 5.56 Å². The molecule has 0 saturated heterocycles. The van der Waals surface area contributed by atoms with Crippen LogP contribution in [0.5, 0.6) is 0 Å². The van der Waals surface area contributed by atoms with Crippen LogP contribution in [0.15, 0.2) is 41.5 Å². The Balaban J connectivity index is 2.13. The first-order valence-corrected chi connectivity index (χ1v) is 6.40. The molecule has 1 aromatic carbocycles. The van der Waals surface area contributed by atoms with Gasteiger partial charge >= 0.3 is 0 Å². The fraction of sp³-hybridized carbons (Fsp3) is 0.133. The van der Waals surface area contributed by atoms with Crippen LogP contribution in [0.2, 0.25) is 0 Å². The van der Waals surface area contributed by atoms with Crippen molar-refractivity contribution in [3.63, 3.8) is 0 Å². The lowest BCUT2D eigenvalue weighted by Gasteiger charge is -2.04. The molecule has 0 amide bonds. The molecule has 0 aliphatic carbocycles. The molecule has 2 aromatic heterocycles. The van der Waals surface area contributed by atoms with E-state index in [0.29, 0.717) is 22.6 Å². The molecule has 0 atom stereocenters. The van der Waals surface area contributed by atoms with Crippen LogP contribution in [0, 0.1) is 12.7 Å². The summed E-state index contributed by atoms with van der Waals surface area (Å²) < 4.78 is 15.3. The number of rotatable bonds is 2. The smallest absolute Gasteiger partial charge is 0.251 e. The van der Waals surface area contributed by atoms with Crippen LogP contribution in [-0.2, 0) is 7.05 Å². The van der Waals surface area contributed by atoms with Crippen molar-refractivity contribution in [2.24, 2.45) is 7.05 Å². The molecule has 0 aliphatic rings. The van der Waals surface area contributed by atoms with Crippen molar-refractivity contribution in [3.8, 4) is 22.6 Å². The van der Waals surface area contributed by atoms with Crippen molar-refractivity contribution < 1.29 is 4.39 Å². The minimum atomic E-state index is -0.332. The topological polar surface area (TPSA) is 63.6 Å². The number of halogens is 1. The van der Waals surface area contributed by atoms with Gasteiger partial charge < -0.3 is 4.98 Å². The summed E-state index contributed by atoms with van der Waals surface area (Å²) in [5.41, 5.74) is 2.02. The van der Waals surface area contributed by atoms with Crippen LogP contribution in [0.4, 0.5) is 4.39 Å². The van der Waals surface area contributed by atoms with E-state index in [-0.39, 0.29) is 11.4 Å². The van der Waals surface area contributed by atoms with Gasteiger partial charge in [0.2, 0.25) is 0 Å². The fourth-order valence-electron chi connectivity index (χ4n) is 2.04. The average Bonchev–Trinajstić information content (AvgIpc) is 2.88. The van der Waals surface area contributed by atoms with Crippen LogP contribution in [0.3, 0.4) is 0 Å². The third-order valence-electron chi connectivity index (χ3n) is 3.19. The van der Waals surface area contributed by atoms with Crippen LogP contribution in [0.25, 0.3) is 22.6 Å². The molecule has 0 fully saturated rings. The monoisotopic (exact) mass is 284 g/mol. The van der Waals surface area contributed by atoms with E-state index in [9.17, 15) is 9.18 Å². The Morgan fingerprint density at radius 1 is 1.24 bits per heavy atom. The normalized spacial score (nSPS) is 10.8. The molecule has 0 unspecified atom stereocenters. The van der Waals surface area contributed by atoms with E-state index in [2.05, 4.69) is 15.1 Å². The fourth-order valence-corrected chi connectivity index (χ4v) is 2.04. The number of benzene rings is 1. The summed E-state index contributed by atoms with van der Waals surface area (Å²) in [4.78, 5) is 18.8. The number of aryl methyl sites for hydroxylation is 2. The molecule has 21 heavy (non-hydrogen) atoms. The molecule has 0 radical (unpaired) electrons. The van der Waals surface area contributed by atoms with Crippen molar-refractivity contribution in [1.29, 1.82) is 0 Å². The Morgan fingerprint density at radius 2 is 2.05 bits per heavy atom. The molecule has 2 heterocycles. The van der Waals surface area contributed by atoms with Gasteiger partial charge in [-0.1, -0.05) is 12.1 Å². The Morgan fingerprint density at radius 3 is 2.71 bits per heavy atom. The Bertz CT molecular complexity index is 866. The van der Waals surface area contributed by atoms with Crippen LogP contribution in [0.1, 0.15) is 5.56 Å². The third-order valence-corrected chi connectivity index (χ3v) is 3.19. The van der Waals surface area contributed by atoms with Crippen molar-refractivity contribution in [2.45, 2.75) is 6.92 Å². The van der Waals surface area contributed by atoms with Crippen LogP contribution in [-0.4, -0.2) is 19.7 Å². The van der Waals surface area contributed by atoms with Gasteiger partial charge in [0.1, 0.15) is 11.6 Å². The summed E-state index contributed by atoms with van der Waals surface area (Å²) in [7, 11) is 1.78. The largest absolute Gasteiger partial charge is 0.306 e. The molecule has 5 nitrogen and oxygen atoms in total. The molecule has 0 spiro atoms. The molecule has 3 rings (SSSR count). The van der Waals surface area contributed by atoms with E-state index in [1.165, 1.54) is 12.1 Å². The van der Waals surface area contributed by atoms with E-state index < -0.39 is 0 Å². The molecule has 6 heteroatoms. The minimum Gasteiger partial charge on any atom is -0.306 e. The second-order valence-corrected chi connectivity index (χ2v) is 4.85. The molecule has 0 saturated carbocycles. The van der Waals surface area contributed by atoms with Gasteiger partial charge in [0, 0.05) is 30.4 Å². The summed E-state index contributed by atoms with van der Waals surface area (Å²) in [5.74, 6) is 0.00202. The maximum Gasteiger partial charge on any atom is 0.251 e. The highest BCUT2D eigenvalue weighted by Crippen LogP contribution is 2.20. The molecular formula is C15H13FN4O. The molecule has 0 bridgehead atoms. The molecular weight excluding hydrogens is 271 g/mol. The standard InChI is InChI=1S/C15H13FN4O/c1-9-3-4-10(5-12(9)16)15-18-13(6-14(21)19-15)11-7-17-20(2)8-11/h3-8H,1-2H3,(H,18,19,21). The van der Waals surface area contributed by atoms with Gasteiger partial charge in [-0.05, 0) is 18.6 Å². The van der Waals surface area contributed by atoms with E-state index in [1.54, 1.807) is 43.2 Å². The highest BCUT2D eigenvalue weighted by atomic mass is 19.1. The predicted molar refractivity (Wildman–Crippen MR) is 77.2 cm³/mol. The van der Waals surface area contributed by atoms with Gasteiger partial charge in [-0.25, -0.2) is 9.37 Å². The third kappa shape index (κ3) is 2.60. The average molecular weight is 284 g/mol. The first kappa shape index (κ1) is 13.2. The summed E-state index contributed by atoms with van der Waals surface area (Å²) in [6, 6.07) is 6.14.